The Balaban J connectivity index is 1.60. The SMILES string of the molecule is Cc1[nH]nc2ncc(NC(=O)Cn3ncc(=O)c4ccccc43)cc12. The fourth-order valence-corrected chi connectivity index (χ4v) is 2.71. The van der Waals surface area contributed by atoms with Gasteiger partial charge in [-0.25, -0.2) is 4.98 Å². The van der Waals surface area contributed by atoms with Crippen LogP contribution >= 0.6 is 0 Å². The molecule has 2 N–H and O–H groups in total. The molecule has 0 aliphatic rings. The minimum atomic E-state index is -0.261. The summed E-state index contributed by atoms with van der Waals surface area (Å²) >= 11 is 0. The topological polar surface area (TPSA) is 106 Å². The molecule has 25 heavy (non-hydrogen) atoms. The van der Waals surface area contributed by atoms with Gasteiger partial charge in [0.2, 0.25) is 11.3 Å². The average molecular weight is 334 g/mol. The van der Waals surface area contributed by atoms with Crippen LogP contribution in [-0.2, 0) is 11.3 Å². The molecular formula is C17H14N6O2. The van der Waals surface area contributed by atoms with E-state index in [1.54, 1.807) is 30.5 Å². The lowest BCUT2D eigenvalue weighted by Crippen LogP contribution is -2.22. The summed E-state index contributed by atoms with van der Waals surface area (Å²) in [5, 5.41) is 15.1. The van der Waals surface area contributed by atoms with Crippen LogP contribution in [0.4, 0.5) is 5.69 Å². The number of carbonyl (C=O) groups excluding carboxylic acids is 1. The normalized spacial score (nSPS) is 11.1. The maximum atomic E-state index is 12.4. The van der Waals surface area contributed by atoms with Crippen molar-refractivity contribution in [2.45, 2.75) is 13.5 Å². The molecule has 3 aromatic heterocycles. The van der Waals surface area contributed by atoms with Crippen LogP contribution in [0.1, 0.15) is 5.69 Å². The molecule has 0 aliphatic heterocycles. The van der Waals surface area contributed by atoms with Crippen molar-refractivity contribution in [3.63, 3.8) is 0 Å². The van der Waals surface area contributed by atoms with Gasteiger partial charge >= 0.3 is 0 Å². The van der Waals surface area contributed by atoms with Gasteiger partial charge in [0.1, 0.15) is 6.54 Å². The number of hydrogen-bond acceptors (Lipinski definition) is 5. The Labute approximate surface area is 141 Å². The summed E-state index contributed by atoms with van der Waals surface area (Å²) < 4.78 is 1.50. The van der Waals surface area contributed by atoms with Gasteiger partial charge < -0.3 is 5.32 Å². The van der Waals surface area contributed by atoms with Crippen LogP contribution in [-0.4, -0.2) is 30.9 Å². The number of amides is 1. The van der Waals surface area contributed by atoms with E-state index in [1.807, 2.05) is 13.0 Å². The molecule has 1 aromatic carbocycles. The molecule has 0 saturated carbocycles. The molecule has 124 valence electrons. The summed E-state index contributed by atoms with van der Waals surface area (Å²) in [7, 11) is 0. The minimum absolute atomic E-state index is 0.0107. The fourth-order valence-electron chi connectivity index (χ4n) is 2.71. The number of H-pyrrole nitrogens is 1. The van der Waals surface area contributed by atoms with Gasteiger partial charge in [0.15, 0.2) is 5.65 Å². The maximum absolute atomic E-state index is 12.4. The minimum Gasteiger partial charge on any atom is -0.323 e. The fraction of sp³-hybridized carbons (Fsp3) is 0.118. The Hall–Kier alpha value is -3.55. The number of hydrogen-bond donors (Lipinski definition) is 2. The van der Waals surface area contributed by atoms with Gasteiger partial charge in [-0.3, -0.25) is 19.4 Å². The summed E-state index contributed by atoms with van der Waals surface area (Å²) in [6.07, 6.45) is 2.77. The summed E-state index contributed by atoms with van der Waals surface area (Å²) in [6.45, 7) is 1.88. The number of pyridine rings is 1. The Morgan fingerprint density at radius 3 is 2.96 bits per heavy atom. The number of anilines is 1. The number of aryl methyl sites for hydroxylation is 1. The summed E-state index contributed by atoms with van der Waals surface area (Å²) in [4.78, 5) is 28.4. The van der Waals surface area contributed by atoms with E-state index < -0.39 is 0 Å². The highest BCUT2D eigenvalue weighted by atomic mass is 16.2. The van der Waals surface area contributed by atoms with Crippen LogP contribution < -0.4 is 10.7 Å². The predicted molar refractivity (Wildman–Crippen MR) is 93.3 cm³/mol. The Morgan fingerprint density at radius 2 is 2.08 bits per heavy atom. The van der Waals surface area contributed by atoms with E-state index in [2.05, 4.69) is 25.6 Å². The second-order valence-electron chi connectivity index (χ2n) is 5.68. The third-order valence-electron chi connectivity index (χ3n) is 3.94. The highest BCUT2D eigenvalue weighted by molar-refractivity contribution is 5.93. The smallest absolute Gasteiger partial charge is 0.246 e. The first-order valence-corrected chi connectivity index (χ1v) is 7.67. The molecule has 3 heterocycles. The van der Waals surface area contributed by atoms with Gasteiger partial charge in [0, 0.05) is 16.5 Å². The summed E-state index contributed by atoms with van der Waals surface area (Å²) in [6, 6.07) is 8.88. The van der Waals surface area contributed by atoms with Crippen LogP contribution in [0.2, 0.25) is 0 Å². The van der Waals surface area contributed by atoms with Crippen molar-refractivity contribution in [1.82, 2.24) is 25.0 Å². The van der Waals surface area contributed by atoms with Crippen LogP contribution in [0.5, 0.6) is 0 Å². The standard InChI is InChI=1S/C17H14N6O2/c1-10-13-6-11(7-18-17(13)22-21-10)20-16(25)9-23-14-5-3-2-4-12(14)15(24)8-19-23/h2-8H,9H2,1H3,(H,20,25)(H,18,21,22). The molecule has 0 radical (unpaired) electrons. The van der Waals surface area contributed by atoms with Gasteiger partial charge in [-0.15, -0.1) is 0 Å². The van der Waals surface area contributed by atoms with E-state index >= 15 is 0 Å². The number of aromatic nitrogens is 5. The Kier molecular flexibility index (Phi) is 3.50. The molecule has 4 aromatic rings. The van der Waals surface area contributed by atoms with Crippen LogP contribution in [0.3, 0.4) is 0 Å². The molecule has 0 atom stereocenters. The monoisotopic (exact) mass is 334 g/mol. The number of para-hydroxylation sites is 1. The van der Waals surface area contributed by atoms with Crippen molar-refractivity contribution in [2.24, 2.45) is 0 Å². The predicted octanol–water partition coefficient (Wildman–Crippen LogP) is 1.61. The largest absolute Gasteiger partial charge is 0.323 e. The lowest BCUT2D eigenvalue weighted by Gasteiger charge is -2.09. The van der Waals surface area contributed by atoms with Gasteiger partial charge in [0.05, 0.1) is 23.6 Å². The third-order valence-corrected chi connectivity index (χ3v) is 3.94. The first-order chi connectivity index (χ1) is 12.1. The second-order valence-corrected chi connectivity index (χ2v) is 5.68. The van der Waals surface area contributed by atoms with Crippen LogP contribution in [0.25, 0.3) is 21.9 Å². The van der Waals surface area contributed by atoms with Gasteiger partial charge in [0.25, 0.3) is 0 Å². The van der Waals surface area contributed by atoms with Crippen molar-refractivity contribution < 1.29 is 4.79 Å². The second kappa shape index (κ2) is 5.82. The van der Waals surface area contributed by atoms with Crippen molar-refractivity contribution in [3.05, 3.63) is 58.6 Å². The number of benzene rings is 1. The summed E-state index contributed by atoms with van der Waals surface area (Å²) in [5.41, 5.74) is 2.50. The molecule has 0 aliphatic carbocycles. The third kappa shape index (κ3) is 2.74. The van der Waals surface area contributed by atoms with Crippen molar-refractivity contribution in [2.75, 3.05) is 5.32 Å². The first-order valence-electron chi connectivity index (χ1n) is 7.67. The summed E-state index contributed by atoms with van der Waals surface area (Å²) in [5.74, 6) is -0.261. The molecule has 0 unspecified atom stereocenters. The highest BCUT2D eigenvalue weighted by Crippen LogP contribution is 2.17. The number of rotatable bonds is 3. The molecule has 8 nitrogen and oxygen atoms in total. The molecule has 1 amide bonds. The number of aromatic amines is 1. The number of carbonyl (C=O) groups is 1. The molecule has 0 saturated heterocycles. The lowest BCUT2D eigenvalue weighted by molar-refractivity contribution is -0.116. The molecule has 0 spiro atoms. The number of nitrogens with zero attached hydrogens (tertiary/aromatic N) is 4. The van der Waals surface area contributed by atoms with Crippen molar-refractivity contribution >= 4 is 33.5 Å². The molecule has 0 fully saturated rings. The molecule has 4 rings (SSSR count). The van der Waals surface area contributed by atoms with Crippen LogP contribution in [0, 0.1) is 6.92 Å². The Morgan fingerprint density at radius 1 is 1.24 bits per heavy atom. The zero-order chi connectivity index (χ0) is 17.4. The average Bonchev–Trinajstić information content (AvgIpc) is 2.98. The van der Waals surface area contributed by atoms with E-state index in [-0.39, 0.29) is 17.9 Å². The van der Waals surface area contributed by atoms with Crippen molar-refractivity contribution in [1.29, 1.82) is 0 Å². The number of fused-ring (bicyclic) bond motifs is 2. The Bertz CT molecular complexity index is 1160. The van der Waals surface area contributed by atoms with Gasteiger partial charge in [-0.1, -0.05) is 12.1 Å². The van der Waals surface area contributed by atoms with E-state index in [4.69, 9.17) is 0 Å². The quantitative estimate of drug-likeness (QED) is 0.592. The first kappa shape index (κ1) is 15.0. The lowest BCUT2D eigenvalue weighted by atomic mass is 10.2. The molecule has 0 bridgehead atoms. The maximum Gasteiger partial charge on any atom is 0.246 e. The van der Waals surface area contributed by atoms with Crippen LogP contribution in [0.15, 0.2) is 47.5 Å². The molecule has 8 heteroatoms. The van der Waals surface area contributed by atoms with Crippen molar-refractivity contribution in [3.8, 4) is 0 Å². The zero-order valence-corrected chi connectivity index (χ0v) is 13.4. The van der Waals surface area contributed by atoms with Gasteiger partial charge in [-0.05, 0) is 25.1 Å². The van der Waals surface area contributed by atoms with E-state index in [1.165, 1.54) is 10.9 Å². The number of nitrogens with one attached hydrogen (secondary N) is 2. The van der Waals surface area contributed by atoms with E-state index in [0.717, 1.165) is 11.1 Å². The van der Waals surface area contributed by atoms with Gasteiger partial charge in [-0.2, -0.15) is 10.2 Å². The highest BCUT2D eigenvalue weighted by Gasteiger charge is 2.10. The van der Waals surface area contributed by atoms with E-state index in [9.17, 15) is 9.59 Å². The zero-order valence-electron chi connectivity index (χ0n) is 13.4. The van der Waals surface area contributed by atoms with E-state index in [0.29, 0.717) is 22.2 Å². The molecular weight excluding hydrogens is 320 g/mol.